The monoisotopic (exact) mass is 340 g/mol. The van der Waals surface area contributed by atoms with Crippen LogP contribution in [0, 0.1) is 6.92 Å². The molecule has 0 bridgehead atoms. The van der Waals surface area contributed by atoms with Gasteiger partial charge >= 0.3 is 0 Å². The highest BCUT2D eigenvalue weighted by atomic mass is 79.9. The van der Waals surface area contributed by atoms with Gasteiger partial charge in [-0.25, -0.2) is 0 Å². The standard InChI is InChI=1S/C14H17BrN2O3/c1-9-7-10(4-5-11(9)15)17-6-2-3-12(14(17)20)16-13(19)8-18/h4-5,7,12,18H,2-3,6,8H2,1H3,(H,16,19)/t12-/m1/s1. The number of anilines is 1. The van der Waals surface area contributed by atoms with Gasteiger partial charge in [-0.1, -0.05) is 15.9 Å². The van der Waals surface area contributed by atoms with Gasteiger partial charge in [0.2, 0.25) is 11.8 Å². The maximum Gasteiger partial charge on any atom is 0.249 e. The average molecular weight is 341 g/mol. The van der Waals surface area contributed by atoms with Gasteiger partial charge in [-0.15, -0.1) is 0 Å². The number of amides is 2. The van der Waals surface area contributed by atoms with Crippen LogP contribution in [0.15, 0.2) is 22.7 Å². The molecule has 108 valence electrons. The number of carbonyl (C=O) groups excluding carboxylic acids is 2. The number of halogens is 1. The van der Waals surface area contributed by atoms with Gasteiger partial charge in [0.15, 0.2) is 0 Å². The van der Waals surface area contributed by atoms with Crippen molar-refractivity contribution in [2.75, 3.05) is 18.1 Å². The van der Waals surface area contributed by atoms with Crippen LogP contribution >= 0.6 is 15.9 Å². The summed E-state index contributed by atoms with van der Waals surface area (Å²) in [4.78, 5) is 25.3. The first-order valence-electron chi connectivity index (χ1n) is 6.50. The summed E-state index contributed by atoms with van der Waals surface area (Å²) in [5.41, 5.74) is 1.88. The normalized spacial score (nSPS) is 19.1. The molecule has 20 heavy (non-hydrogen) atoms. The first-order chi connectivity index (χ1) is 9.52. The molecule has 2 amide bonds. The van der Waals surface area contributed by atoms with E-state index >= 15 is 0 Å². The second-order valence-corrected chi connectivity index (χ2v) is 5.70. The Kier molecular flexibility index (Phi) is 4.77. The van der Waals surface area contributed by atoms with Crippen LogP contribution in [0.1, 0.15) is 18.4 Å². The predicted octanol–water partition coefficient (Wildman–Crippen LogP) is 1.36. The Bertz CT molecular complexity index is 533. The number of hydrogen-bond donors (Lipinski definition) is 2. The molecule has 6 heteroatoms. The van der Waals surface area contributed by atoms with Crippen LogP contribution in [0.2, 0.25) is 0 Å². The number of nitrogens with zero attached hydrogens (tertiary/aromatic N) is 1. The molecule has 0 aromatic heterocycles. The highest BCUT2D eigenvalue weighted by Gasteiger charge is 2.30. The van der Waals surface area contributed by atoms with Crippen molar-refractivity contribution < 1.29 is 14.7 Å². The minimum Gasteiger partial charge on any atom is -0.387 e. The van der Waals surface area contributed by atoms with E-state index in [4.69, 9.17) is 5.11 Å². The molecule has 2 rings (SSSR count). The van der Waals surface area contributed by atoms with E-state index in [2.05, 4.69) is 21.2 Å². The Balaban J connectivity index is 2.17. The summed E-state index contributed by atoms with van der Waals surface area (Å²) in [5, 5.41) is 11.3. The molecule has 1 saturated heterocycles. The number of aryl methyl sites for hydroxylation is 1. The molecule has 1 fully saturated rings. The topological polar surface area (TPSA) is 69.6 Å². The van der Waals surface area contributed by atoms with E-state index in [9.17, 15) is 9.59 Å². The van der Waals surface area contributed by atoms with Crippen LogP contribution in [-0.2, 0) is 9.59 Å². The van der Waals surface area contributed by atoms with Crippen molar-refractivity contribution in [2.24, 2.45) is 0 Å². The van der Waals surface area contributed by atoms with Crippen LogP contribution in [-0.4, -0.2) is 36.1 Å². The smallest absolute Gasteiger partial charge is 0.249 e. The molecule has 0 spiro atoms. The molecule has 2 N–H and O–H groups in total. The molecule has 1 aliphatic heterocycles. The van der Waals surface area contributed by atoms with Crippen LogP contribution in [0.25, 0.3) is 0 Å². The lowest BCUT2D eigenvalue weighted by Crippen LogP contribution is -2.53. The lowest BCUT2D eigenvalue weighted by molar-refractivity contribution is -0.130. The number of hydrogen-bond acceptors (Lipinski definition) is 3. The molecule has 0 unspecified atom stereocenters. The number of benzene rings is 1. The fraction of sp³-hybridized carbons (Fsp3) is 0.429. The van der Waals surface area contributed by atoms with E-state index in [-0.39, 0.29) is 5.91 Å². The fourth-order valence-electron chi connectivity index (χ4n) is 2.30. The summed E-state index contributed by atoms with van der Waals surface area (Å²) in [6.07, 6.45) is 1.42. The molecule has 1 heterocycles. The van der Waals surface area contributed by atoms with Gasteiger partial charge in [0.25, 0.3) is 0 Å². The SMILES string of the molecule is Cc1cc(N2CCC[C@@H](NC(=O)CO)C2=O)ccc1Br. The second-order valence-electron chi connectivity index (χ2n) is 4.84. The first-order valence-corrected chi connectivity index (χ1v) is 7.30. The highest BCUT2D eigenvalue weighted by Crippen LogP contribution is 2.26. The summed E-state index contributed by atoms with van der Waals surface area (Å²) in [7, 11) is 0. The molecule has 0 saturated carbocycles. The summed E-state index contributed by atoms with van der Waals surface area (Å²) in [6, 6.07) is 5.18. The Morgan fingerprint density at radius 1 is 1.55 bits per heavy atom. The van der Waals surface area contributed by atoms with Gasteiger partial charge < -0.3 is 15.3 Å². The van der Waals surface area contributed by atoms with Crippen molar-refractivity contribution >= 4 is 33.4 Å². The van der Waals surface area contributed by atoms with Crippen LogP contribution in [0.3, 0.4) is 0 Å². The number of carbonyl (C=O) groups is 2. The van der Waals surface area contributed by atoms with Crippen molar-refractivity contribution in [3.05, 3.63) is 28.2 Å². The fourth-order valence-corrected chi connectivity index (χ4v) is 2.55. The minimum atomic E-state index is -0.596. The van der Waals surface area contributed by atoms with Crippen molar-refractivity contribution in [3.63, 3.8) is 0 Å². The highest BCUT2D eigenvalue weighted by molar-refractivity contribution is 9.10. The Morgan fingerprint density at radius 2 is 2.30 bits per heavy atom. The second kappa shape index (κ2) is 6.37. The average Bonchev–Trinajstić information content (AvgIpc) is 2.44. The van der Waals surface area contributed by atoms with Crippen LogP contribution < -0.4 is 10.2 Å². The van der Waals surface area contributed by atoms with Gasteiger partial charge in [0.05, 0.1) is 0 Å². The maximum absolute atomic E-state index is 12.4. The molecule has 5 nitrogen and oxygen atoms in total. The Labute approximate surface area is 126 Å². The molecular weight excluding hydrogens is 324 g/mol. The largest absolute Gasteiger partial charge is 0.387 e. The van der Waals surface area contributed by atoms with Crippen LogP contribution in [0.4, 0.5) is 5.69 Å². The third-order valence-corrected chi connectivity index (χ3v) is 4.26. The molecule has 1 aromatic carbocycles. The molecular formula is C14H17BrN2O3. The van der Waals surface area contributed by atoms with E-state index < -0.39 is 18.6 Å². The van der Waals surface area contributed by atoms with Crippen LogP contribution in [0.5, 0.6) is 0 Å². The molecule has 1 atom stereocenters. The first kappa shape index (κ1) is 15.0. The zero-order valence-electron chi connectivity index (χ0n) is 11.2. The number of rotatable bonds is 3. The molecule has 0 radical (unpaired) electrons. The van der Waals surface area contributed by atoms with Crippen molar-refractivity contribution in [2.45, 2.75) is 25.8 Å². The van der Waals surface area contributed by atoms with E-state index in [0.717, 1.165) is 22.1 Å². The minimum absolute atomic E-state index is 0.125. The lowest BCUT2D eigenvalue weighted by Gasteiger charge is -2.32. The maximum atomic E-state index is 12.4. The molecule has 1 aliphatic rings. The van der Waals surface area contributed by atoms with Crippen molar-refractivity contribution in [1.29, 1.82) is 0 Å². The van der Waals surface area contributed by atoms with E-state index in [1.165, 1.54) is 0 Å². The van der Waals surface area contributed by atoms with Gasteiger partial charge in [0.1, 0.15) is 12.6 Å². The zero-order valence-corrected chi connectivity index (χ0v) is 12.8. The summed E-state index contributed by atoms with van der Waals surface area (Å²) in [5.74, 6) is -0.642. The van der Waals surface area contributed by atoms with Gasteiger partial charge in [-0.2, -0.15) is 0 Å². The Morgan fingerprint density at radius 3 is 2.95 bits per heavy atom. The third-order valence-electron chi connectivity index (χ3n) is 3.37. The van der Waals surface area contributed by atoms with Gasteiger partial charge in [-0.05, 0) is 43.5 Å². The number of piperidine rings is 1. The summed E-state index contributed by atoms with van der Waals surface area (Å²) >= 11 is 3.43. The van der Waals surface area contributed by atoms with E-state index in [1.54, 1.807) is 4.90 Å². The van der Waals surface area contributed by atoms with Crippen molar-refractivity contribution in [1.82, 2.24) is 5.32 Å². The van der Waals surface area contributed by atoms with E-state index in [0.29, 0.717) is 13.0 Å². The number of aliphatic hydroxyl groups excluding tert-OH is 1. The Hall–Kier alpha value is -1.40. The van der Waals surface area contributed by atoms with Gasteiger partial charge in [0, 0.05) is 16.7 Å². The number of nitrogens with one attached hydrogen (secondary N) is 1. The quantitative estimate of drug-likeness (QED) is 0.872. The molecule has 1 aromatic rings. The lowest BCUT2D eigenvalue weighted by atomic mass is 10.0. The molecule has 0 aliphatic carbocycles. The predicted molar refractivity (Wildman–Crippen MR) is 79.5 cm³/mol. The van der Waals surface area contributed by atoms with E-state index in [1.807, 2.05) is 25.1 Å². The summed E-state index contributed by atoms with van der Waals surface area (Å²) in [6.45, 7) is 2.01. The van der Waals surface area contributed by atoms with Gasteiger partial charge in [-0.3, -0.25) is 9.59 Å². The summed E-state index contributed by atoms with van der Waals surface area (Å²) < 4.78 is 0.996. The third kappa shape index (κ3) is 3.19. The number of aliphatic hydroxyl groups is 1. The zero-order chi connectivity index (χ0) is 14.7. The van der Waals surface area contributed by atoms with Crippen molar-refractivity contribution in [3.8, 4) is 0 Å².